The number of nitrogens with zero attached hydrogens (tertiary/aromatic N) is 4. The van der Waals surface area contributed by atoms with Crippen LogP contribution in [0.2, 0.25) is 0 Å². The Kier molecular flexibility index (Phi) is 4.01. The van der Waals surface area contributed by atoms with Gasteiger partial charge >= 0.3 is 0 Å². The van der Waals surface area contributed by atoms with Gasteiger partial charge in [0.1, 0.15) is 11.6 Å². The number of imidazole rings is 1. The fraction of sp³-hybridized carbons (Fsp3) is 0.389. The average molecular weight is 339 g/mol. The molecule has 7 heteroatoms. The van der Waals surface area contributed by atoms with E-state index < -0.39 is 0 Å². The topological polar surface area (TPSA) is 76.2 Å². The van der Waals surface area contributed by atoms with Gasteiger partial charge in [-0.2, -0.15) is 0 Å². The van der Waals surface area contributed by atoms with Crippen LogP contribution < -0.4 is 9.64 Å². The molecule has 0 amide bonds. The first-order valence-corrected chi connectivity index (χ1v) is 8.30. The summed E-state index contributed by atoms with van der Waals surface area (Å²) in [6.07, 6.45) is 4.63. The molecular formula is C18H21N5O2. The van der Waals surface area contributed by atoms with Crippen molar-refractivity contribution >= 4 is 16.9 Å². The van der Waals surface area contributed by atoms with Gasteiger partial charge in [-0.25, -0.2) is 15.0 Å². The van der Waals surface area contributed by atoms with Crippen molar-refractivity contribution in [1.29, 1.82) is 0 Å². The summed E-state index contributed by atoms with van der Waals surface area (Å²) in [5.41, 5.74) is 2.56. The lowest BCUT2D eigenvalue weighted by molar-refractivity contribution is 0.118. The van der Waals surface area contributed by atoms with Gasteiger partial charge in [-0.05, 0) is 19.1 Å². The van der Waals surface area contributed by atoms with Crippen LogP contribution in [0, 0.1) is 6.92 Å². The molecule has 25 heavy (non-hydrogen) atoms. The van der Waals surface area contributed by atoms with Gasteiger partial charge in [-0.3, -0.25) is 0 Å². The summed E-state index contributed by atoms with van der Waals surface area (Å²) in [7, 11) is 3.40. The summed E-state index contributed by atoms with van der Waals surface area (Å²) in [6.45, 7) is 2.75. The number of hydrogen-bond acceptors (Lipinski definition) is 6. The third-order valence-corrected chi connectivity index (χ3v) is 4.72. The Labute approximate surface area is 146 Å². The van der Waals surface area contributed by atoms with Crippen molar-refractivity contribution in [3.8, 4) is 5.75 Å². The SMILES string of the molecule is COc1ccc2nc(N3C[C@H](OC)CC3c3ncc[nH]3)c(C)nc2c1. The lowest BCUT2D eigenvalue weighted by Gasteiger charge is -2.25. The van der Waals surface area contributed by atoms with Crippen molar-refractivity contribution in [3.63, 3.8) is 0 Å². The highest BCUT2D eigenvalue weighted by atomic mass is 16.5. The van der Waals surface area contributed by atoms with E-state index in [1.54, 1.807) is 20.4 Å². The molecule has 7 nitrogen and oxygen atoms in total. The molecule has 0 bridgehead atoms. The van der Waals surface area contributed by atoms with Crippen LogP contribution >= 0.6 is 0 Å². The largest absolute Gasteiger partial charge is 0.497 e. The Balaban J connectivity index is 1.77. The first kappa shape index (κ1) is 15.8. The second kappa shape index (κ2) is 6.33. The number of aryl methyl sites for hydroxylation is 1. The zero-order valence-electron chi connectivity index (χ0n) is 14.6. The standard InChI is InChI=1S/C18H21N5O2/c1-11-18(22-14-5-4-12(24-2)8-15(14)21-11)23-10-13(25-3)9-16(23)17-19-6-7-20-17/h4-8,13,16H,9-10H2,1-3H3,(H,19,20)/t13-,16?/m1/s1. The lowest BCUT2D eigenvalue weighted by atomic mass is 10.2. The number of nitrogens with one attached hydrogen (secondary N) is 1. The highest BCUT2D eigenvalue weighted by molar-refractivity contribution is 5.78. The molecule has 3 heterocycles. The van der Waals surface area contributed by atoms with Crippen LogP contribution in [0.5, 0.6) is 5.75 Å². The van der Waals surface area contributed by atoms with Crippen LogP contribution in [-0.4, -0.2) is 46.8 Å². The zero-order valence-corrected chi connectivity index (χ0v) is 14.6. The van der Waals surface area contributed by atoms with Crippen molar-refractivity contribution in [2.75, 3.05) is 25.7 Å². The van der Waals surface area contributed by atoms with Gasteiger partial charge in [0.15, 0.2) is 5.82 Å². The van der Waals surface area contributed by atoms with Crippen molar-refractivity contribution in [2.24, 2.45) is 0 Å². The Hall–Kier alpha value is -2.67. The van der Waals surface area contributed by atoms with Crippen molar-refractivity contribution in [1.82, 2.24) is 19.9 Å². The first-order chi connectivity index (χ1) is 12.2. The van der Waals surface area contributed by atoms with E-state index in [4.69, 9.17) is 19.4 Å². The number of H-pyrrole nitrogens is 1. The maximum absolute atomic E-state index is 5.60. The fourth-order valence-corrected chi connectivity index (χ4v) is 3.43. The minimum absolute atomic E-state index is 0.101. The molecule has 130 valence electrons. The van der Waals surface area contributed by atoms with E-state index in [1.165, 1.54) is 0 Å². The van der Waals surface area contributed by atoms with Gasteiger partial charge in [0.25, 0.3) is 0 Å². The molecule has 0 saturated carbocycles. The Morgan fingerprint density at radius 2 is 2.08 bits per heavy atom. The molecule has 2 aromatic heterocycles. The van der Waals surface area contributed by atoms with E-state index in [0.29, 0.717) is 0 Å². The molecule has 3 aromatic rings. The fourth-order valence-electron chi connectivity index (χ4n) is 3.43. The third-order valence-electron chi connectivity index (χ3n) is 4.72. The first-order valence-electron chi connectivity index (χ1n) is 8.30. The number of benzene rings is 1. The van der Waals surface area contributed by atoms with Crippen molar-refractivity contribution < 1.29 is 9.47 Å². The predicted octanol–water partition coefficient (Wildman–Crippen LogP) is 2.64. The number of aromatic nitrogens is 4. The molecule has 1 aliphatic heterocycles. The minimum Gasteiger partial charge on any atom is -0.497 e. The highest BCUT2D eigenvalue weighted by Crippen LogP contribution is 2.36. The van der Waals surface area contributed by atoms with Crippen molar-refractivity contribution in [3.05, 3.63) is 42.1 Å². The molecule has 1 saturated heterocycles. The average Bonchev–Trinajstić information content (AvgIpc) is 3.29. The molecule has 2 atom stereocenters. The number of methoxy groups -OCH3 is 2. The number of fused-ring (bicyclic) bond motifs is 1. The van der Waals surface area contributed by atoms with E-state index in [0.717, 1.165) is 47.1 Å². The van der Waals surface area contributed by atoms with Crippen LogP contribution in [0.1, 0.15) is 24.0 Å². The Morgan fingerprint density at radius 3 is 2.80 bits per heavy atom. The zero-order chi connectivity index (χ0) is 17.4. The second-order valence-electron chi connectivity index (χ2n) is 6.22. The molecule has 1 unspecified atom stereocenters. The van der Waals surface area contributed by atoms with Crippen molar-refractivity contribution in [2.45, 2.75) is 25.5 Å². The maximum Gasteiger partial charge on any atom is 0.151 e. The van der Waals surface area contributed by atoms with Gasteiger partial charge in [-0.1, -0.05) is 0 Å². The molecule has 1 fully saturated rings. The van der Waals surface area contributed by atoms with Gasteiger partial charge in [0.2, 0.25) is 0 Å². The van der Waals surface area contributed by atoms with E-state index in [-0.39, 0.29) is 12.1 Å². The Bertz CT molecular complexity index is 881. The summed E-state index contributed by atoms with van der Waals surface area (Å²) in [5, 5.41) is 0. The number of aromatic amines is 1. The molecule has 0 aliphatic carbocycles. The number of anilines is 1. The molecule has 1 aromatic carbocycles. The molecule has 0 radical (unpaired) electrons. The minimum atomic E-state index is 0.101. The highest BCUT2D eigenvalue weighted by Gasteiger charge is 2.36. The normalized spacial score (nSPS) is 20.4. The van der Waals surface area contributed by atoms with Crippen LogP contribution in [0.15, 0.2) is 30.6 Å². The quantitative estimate of drug-likeness (QED) is 0.787. The molecule has 0 spiro atoms. The van der Waals surface area contributed by atoms with Gasteiger partial charge in [0.05, 0.1) is 36.0 Å². The van der Waals surface area contributed by atoms with E-state index in [9.17, 15) is 0 Å². The van der Waals surface area contributed by atoms with Crippen LogP contribution in [0.3, 0.4) is 0 Å². The van der Waals surface area contributed by atoms with E-state index in [2.05, 4.69) is 14.9 Å². The summed E-state index contributed by atoms with van der Waals surface area (Å²) < 4.78 is 10.9. The summed E-state index contributed by atoms with van der Waals surface area (Å²) in [6, 6.07) is 5.85. The van der Waals surface area contributed by atoms with E-state index in [1.807, 2.05) is 31.3 Å². The van der Waals surface area contributed by atoms with E-state index >= 15 is 0 Å². The van der Waals surface area contributed by atoms with Gasteiger partial charge in [-0.15, -0.1) is 0 Å². The van der Waals surface area contributed by atoms with Crippen LogP contribution in [0.4, 0.5) is 5.82 Å². The lowest BCUT2D eigenvalue weighted by Crippen LogP contribution is -2.27. The predicted molar refractivity (Wildman–Crippen MR) is 94.9 cm³/mol. The third kappa shape index (κ3) is 2.80. The maximum atomic E-state index is 5.60. The number of ether oxygens (including phenoxy) is 2. The number of rotatable bonds is 4. The molecule has 4 rings (SSSR count). The smallest absolute Gasteiger partial charge is 0.151 e. The van der Waals surface area contributed by atoms with Gasteiger partial charge < -0.3 is 19.4 Å². The monoisotopic (exact) mass is 339 g/mol. The van der Waals surface area contributed by atoms with Gasteiger partial charge in [0, 0.05) is 38.5 Å². The summed E-state index contributed by atoms with van der Waals surface area (Å²) in [4.78, 5) is 19.5. The number of hydrogen-bond donors (Lipinski definition) is 1. The Morgan fingerprint density at radius 1 is 1.20 bits per heavy atom. The molecule has 1 N–H and O–H groups in total. The molecule has 1 aliphatic rings. The summed E-state index contributed by atoms with van der Waals surface area (Å²) in [5.74, 6) is 2.58. The van der Waals surface area contributed by atoms with Crippen LogP contribution in [-0.2, 0) is 4.74 Å². The summed E-state index contributed by atoms with van der Waals surface area (Å²) >= 11 is 0. The molecular weight excluding hydrogens is 318 g/mol. The second-order valence-corrected chi connectivity index (χ2v) is 6.22. The van der Waals surface area contributed by atoms with Crippen LogP contribution in [0.25, 0.3) is 11.0 Å².